The predicted molar refractivity (Wildman–Crippen MR) is 60.6 cm³/mol. The molecule has 1 saturated carbocycles. The van der Waals surface area contributed by atoms with Gasteiger partial charge in [0.25, 0.3) is 0 Å². The monoisotopic (exact) mass is 241 g/mol. The third-order valence-electron chi connectivity index (χ3n) is 3.60. The van der Waals surface area contributed by atoms with Crippen molar-refractivity contribution < 1.29 is 19.4 Å². The highest BCUT2D eigenvalue weighted by Gasteiger charge is 2.34. The molecule has 17 heavy (non-hydrogen) atoms. The normalized spacial score (nSPS) is 25.4. The molecular weight excluding hydrogens is 222 g/mol. The van der Waals surface area contributed by atoms with Gasteiger partial charge >= 0.3 is 5.97 Å². The van der Waals surface area contributed by atoms with E-state index < -0.39 is 12.0 Å². The van der Waals surface area contributed by atoms with Crippen molar-refractivity contribution in [2.45, 2.75) is 50.7 Å². The second kappa shape index (κ2) is 5.49. The number of amides is 1. The van der Waals surface area contributed by atoms with Gasteiger partial charge in [0, 0.05) is 6.54 Å². The third-order valence-corrected chi connectivity index (χ3v) is 3.60. The van der Waals surface area contributed by atoms with Crippen LogP contribution >= 0.6 is 0 Å². The van der Waals surface area contributed by atoms with Crippen LogP contribution in [0.4, 0.5) is 0 Å². The van der Waals surface area contributed by atoms with Gasteiger partial charge in [-0.1, -0.05) is 12.8 Å². The molecule has 2 fully saturated rings. The zero-order valence-corrected chi connectivity index (χ0v) is 9.93. The van der Waals surface area contributed by atoms with E-state index in [0.717, 1.165) is 19.3 Å². The highest BCUT2D eigenvalue weighted by atomic mass is 16.5. The standard InChI is InChI=1S/C12H19NO4/c14-11(8-17-9-4-1-2-5-9)13-7-3-6-10(13)12(15)16/h9-10H,1-8H2,(H,15,16)/t10-/m0/s1. The van der Waals surface area contributed by atoms with Gasteiger partial charge in [-0.05, 0) is 25.7 Å². The highest BCUT2D eigenvalue weighted by Crippen LogP contribution is 2.22. The van der Waals surface area contributed by atoms with E-state index in [0.29, 0.717) is 13.0 Å². The lowest BCUT2D eigenvalue weighted by Gasteiger charge is -2.22. The quantitative estimate of drug-likeness (QED) is 0.798. The number of likely N-dealkylation sites (tertiary alicyclic amines) is 1. The minimum atomic E-state index is -0.906. The molecule has 0 bridgehead atoms. The number of aliphatic carboxylic acids is 1. The number of nitrogens with zero attached hydrogens (tertiary/aromatic N) is 1. The Morgan fingerprint density at radius 3 is 2.53 bits per heavy atom. The number of carbonyl (C=O) groups excluding carboxylic acids is 1. The SMILES string of the molecule is O=C(O)[C@@H]1CCCN1C(=O)COC1CCCC1. The van der Waals surface area contributed by atoms with E-state index in [4.69, 9.17) is 9.84 Å². The van der Waals surface area contributed by atoms with Gasteiger partial charge in [0.2, 0.25) is 5.91 Å². The van der Waals surface area contributed by atoms with Crippen molar-refractivity contribution >= 4 is 11.9 Å². The van der Waals surface area contributed by atoms with E-state index in [1.54, 1.807) is 0 Å². The largest absolute Gasteiger partial charge is 0.480 e. The molecule has 0 aromatic rings. The van der Waals surface area contributed by atoms with E-state index in [1.807, 2.05) is 0 Å². The minimum Gasteiger partial charge on any atom is -0.480 e. The van der Waals surface area contributed by atoms with Crippen molar-refractivity contribution in [3.63, 3.8) is 0 Å². The van der Waals surface area contributed by atoms with Gasteiger partial charge < -0.3 is 14.7 Å². The molecule has 1 aliphatic carbocycles. The maximum Gasteiger partial charge on any atom is 0.326 e. The minimum absolute atomic E-state index is 0.0362. The van der Waals surface area contributed by atoms with E-state index in [1.165, 1.54) is 17.7 Å². The maximum atomic E-state index is 11.9. The van der Waals surface area contributed by atoms with Gasteiger partial charge in [0.1, 0.15) is 12.6 Å². The lowest BCUT2D eigenvalue weighted by molar-refractivity contribution is -0.150. The summed E-state index contributed by atoms with van der Waals surface area (Å²) < 4.78 is 5.52. The smallest absolute Gasteiger partial charge is 0.326 e. The van der Waals surface area contributed by atoms with Crippen molar-refractivity contribution in [1.29, 1.82) is 0 Å². The van der Waals surface area contributed by atoms with Crippen molar-refractivity contribution in [1.82, 2.24) is 4.90 Å². The summed E-state index contributed by atoms with van der Waals surface area (Å²) in [7, 11) is 0. The molecule has 0 spiro atoms. The number of hydrogen-bond acceptors (Lipinski definition) is 3. The number of rotatable bonds is 4. The van der Waals surface area contributed by atoms with Crippen LogP contribution in [-0.2, 0) is 14.3 Å². The maximum absolute atomic E-state index is 11.9. The predicted octanol–water partition coefficient (Wildman–Crippen LogP) is 1.02. The fraction of sp³-hybridized carbons (Fsp3) is 0.833. The van der Waals surface area contributed by atoms with E-state index in [2.05, 4.69) is 0 Å². The first-order valence-electron chi connectivity index (χ1n) is 6.32. The second-order valence-corrected chi connectivity index (χ2v) is 4.80. The first kappa shape index (κ1) is 12.4. The fourth-order valence-electron chi connectivity index (χ4n) is 2.65. The lowest BCUT2D eigenvalue weighted by atomic mass is 10.2. The molecule has 1 heterocycles. The number of ether oxygens (including phenoxy) is 1. The molecule has 1 N–H and O–H groups in total. The molecule has 0 unspecified atom stereocenters. The number of carboxylic acid groups (broad SMARTS) is 1. The molecule has 5 heteroatoms. The Hall–Kier alpha value is -1.10. The Balaban J connectivity index is 1.80. The summed E-state index contributed by atoms with van der Waals surface area (Å²) in [6, 6.07) is -0.644. The molecule has 96 valence electrons. The van der Waals surface area contributed by atoms with Crippen LogP contribution in [-0.4, -0.2) is 47.2 Å². The molecule has 0 aromatic carbocycles. The third kappa shape index (κ3) is 2.97. The van der Waals surface area contributed by atoms with E-state index >= 15 is 0 Å². The average Bonchev–Trinajstić information content (AvgIpc) is 2.96. The van der Waals surface area contributed by atoms with Gasteiger partial charge in [0.05, 0.1) is 6.10 Å². The molecule has 0 radical (unpaired) electrons. The van der Waals surface area contributed by atoms with Crippen LogP contribution in [0.2, 0.25) is 0 Å². The van der Waals surface area contributed by atoms with Gasteiger partial charge in [0.15, 0.2) is 0 Å². The molecule has 0 aromatic heterocycles. The Kier molecular flexibility index (Phi) is 3.99. The van der Waals surface area contributed by atoms with Crippen molar-refractivity contribution in [3.05, 3.63) is 0 Å². The van der Waals surface area contributed by atoms with Crippen molar-refractivity contribution in [3.8, 4) is 0 Å². The first-order chi connectivity index (χ1) is 8.18. The van der Waals surface area contributed by atoms with Gasteiger partial charge in [-0.3, -0.25) is 4.79 Å². The summed E-state index contributed by atoms with van der Waals surface area (Å²) in [5, 5.41) is 8.98. The summed E-state index contributed by atoms with van der Waals surface area (Å²) >= 11 is 0. The Morgan fingerprint density at radius 2 is 1.88 bits per heavy atom. The Bertz CT molecular complexity index is 299. The van der Waals surface area contributed by atoms with E-state index in [9.17, 15) is 9.59 Å². The van der Waals surface area contributed by atoms with Gasteiger partial charge in [-0.2, -0.15) is 0 Å². The second-order valence-electron chi connectivity index (χ2n) is 4.80. The summed E-state index contributed by atoms with van der Waals surface area (Å²) in [5.74, 6) is -1.08. The van der Waals surface area contributed by atoms with Crippen LogP contribution in [0.1, 0.15) is 38.5 Å². The lowest BCUT2D eigenvalue weighted by Crippen LogP contribution is -2.42. The summed E-state index contributed by atoms with van der Waals surface area (Å²) in [4.78, 5) is 24.2. The van der Waals surface area contributed by atoms with Crippen LogP contribution in [0, 0.1) is 0 Å². The Labute approximate surface area is 101 Å². The summed E-state index contributed by atoms with van der Waals surface area (Å²) in [6.45, 7) is 0.582. The number of hydrogen-bond donors (Lipinski definition) is 1. The van der Waals surface area contributed by atoms with Gasteiger partial charge in [-0.15, -0.1) is 0 Å². The highest BCUT2D eigenvalue weighted by molar-refractivity contribution is 5.84. The van der Waals surface area contributed by atoms with Crippen LogP contribution < -0.4 is 0 Å². The molecule has 2 aliphatic rings. The van der Waals surface area contributed by atoms with Gasteiger partial charge in [-0.25, -0.2) is 4.79 Å². The summed E-state index contributed by atoms with van der Waals surface area (Å²) in [5.41, 5.74) is 0. The molecule has 1 aliphatic heterocycles. The molecular formula is C12H19NO4. The fourth-order valence-corrected chi connectivity index (χ4v) is 2.65. The molecule has 2 rings (SSSR count). The topological polar surface area (TPSA) is 66.8 Å². The summed E-state index contributed by atoms with van der Waals surface area (Å²) in [6.07, 6.45) is 5.91. The number of carbonyl (C=O) groups is 2. The van der Waals surface area contributed by atoms with Crippen molar-refractivity contribution in [2.75, 3.05) is 13.2 Å². The van der Waals surface area contributed by atoms with Crippen LogP contribution in [0.15, 0.2) is 0 Å². The first-order valence-corrected chi connectivity index (χ1v) is 6.32. The Morgan fingerprint density at radius 1 is 1.18 bits per heavy atom. The number of carboxylic acids is 1. The van der Waals surface area contributed by atoms with E-state index in [-0.39, 0.29) is 18.6 Å². The molecule has 1 atom stereocenters. The zero-order chi connectivity index (χ0) is 12.3. The van der Waals surface area contributed by atoms with Crippen LogP contribution in [0.5, 0.6) is 0 Å². The molecule has 1 saturated heterocycles. The average molecular weight is 241 g/mol. The van der Waals surface area contributed by atoms with Crippen LogP contribution in [0.25, 0.3) is 0 Å². The zero-order valence-electron chi connectivity index (χ0n) is 9.93. The van der Waals surface area contributed by atoms with Crippen molar-refractivity contribution in [2.24, 2.45) is 0 Å². The molecule has 1 amide bonds. The van der Waals surface area contributed by atoms with Crippen LogP contribution in [0.3, 0.4) is 0 Å². The molecule has 5 nitrogen and oxygen atoms in total.